The van der Waals surface area contributed by atoms with Crippen LogP contribution in [-0.4, -0.2) is 17.5 Å². The second kappa shape index (κ2) is 6.52. The monoisotopic (exact) mass is 334 g/mol. The number of carbonyl (C=O) groups is 1. The standard InChI is InChI=1S/C15H15BrN2O2/c1-10-3-5-12(6-4-10)20-9-15(19)18-14-7-11(2)13(16)8-17-14/h3-8H,9H2,1-2H3,(H,17,18,19). The summed E-state index contributed by atoms with van der Waals surface area (Å²) in [6.07, 6.45) is 1.66. The minimum atomic E-state index is -0.236. The van der Waals surface area contributed by atoms with Gasteiger partial charge in [0.15, 0.2) is 6.61 Å². The normalized spacial score (nSPS) is 10.2. The molecule has 0 fully saturated rings. The third-order valence-corrected chi connectivity index (χ3v) is 3.54. The number of anilines is 1. The highest BCUT2D eigenvalue weighted by Crippen LogP contribution is 2.17. The number of ether oxygens (including phenoxy) is 1. The van der Waals surface area contributed by atoms with Crippen LogP contribution in [0.4, 0.5) is 5.82 Å². The van der Waals surface area contributed by atoms with E-state index in [1.165, 1.54) is 0 Å². The molecule has 0 spiro atoms. The fourth-order valence-corrected chi connectivity index (χ4v) is 1.79. The molecule has 0 atom stereocenters. The van der Waals surface area contributed by atoms with Crippen LogP contribution in [0, 0.1) is 13.8 Å². The van der Waals surface area contributed by atoms with E-state index in [1.807, 2.05) is 38.1 Å². The van der Waals surface area contributed by atoms with Gasteiger partial charge in [-0.15, -0.1) is 0 Å². The van der Waals surface area contributed by atoms with E-state index in [2.05, 4.69) is 26.2 Å². The predicted molar refractivity (Wildman–Crippen MR) is 82.0 cm³/mol. The smallest absolute Gasteiger partial charge is 0.263 e. The zero-order valence-electron chi connectivity index (χ0n) is 11.3. The van der Waals surface area contributed by atoms with E-state index >= 15 is 0 Å². The summed E-state index contributed by atoms with van der Waals surface area (Å²) in [5.74, 6) is 0.952. The highest BCUT2D eigenvalue weighted by molar-refractivity contribution is 9.10. The van der Waals surface area contributed by atoms with E-state index in [4.69, 9.17) is 4.74 Å². The summed E-state index contributed by atoms with van der Waals surface area (Å²) in [4.78, 5) is 15.9. The number of aromatic nitrogens is 1. The van der Waals surface area contributed by atoms with Gasteiger partial charge >= 0.3 is 0 Å². The lowest BCUT2D eigenvalue weighted by Crippen LogP contribution is -2.20. The molecule has 0 saturated heterocycles. The zero-order valence-corrected chi connectivity index (χ0v) is 12.9. The molecule has 0 unspecified atom stereocenters. The Bertz CT molecular complexity index is 612. The lowest BCUT2D eigenvalue weighted by atomic mass is 10.2. The molecule has 0 aliphatic heterocycles. The van der Waals surface area contributed by atoms with Crippen molar-refractivity contribution in [1.82, 2.24) is 4.98 Å². The number of amides is 1. The van der Waals surface area contributed by atoms with Crippen LogP contribution in [-0.2, 0) is 4.79 Å². The van der Waals surface area contributed by atoms with Gasteiger partial charge in [-0.05, 0) is 53.5 Å². The van der Waals surface area contributed by atoms with Gasteiger partial charge in [-0.1, -0.05) is 17.7 Å². The average Bonchev–Trinajstić information content (AvgIpc) is 2.42. The number of nitrogens with zero attached hydrogens (tertiary/aromatic N) is 1. The Kier molecular flexibility index (Phi) is 4.74. The molecule has 2 rings (SSSR count). The molecule has 1 heterocycles. The van der Waals surface area contributed by atoms with E-state index < -0.39 is 0 Å². The van der Waals surface area contributed by atoms with Crippen LogP contribution in [0.1, 0.15) is 11.1 Å². The van der Waals surface area contributed by atoms with Crippen molar-refractivity contribution in [3.8, 4) is 5.75 Å². The summed E-state index contributed by atoms with van der Waals surface area (Å²) in [6.45, 7) is 3.89. The maximum absolute atomic E-state index is 11.8. The van der Waals surface area contributed by atoms with E-state index in [0.29, 0.717) is 11.6 Å². The average molecular weight is 335 g/mol. The van der Waals surface area contributed by atoms with E-state index in [9.17, 15) is 4.79 Å². The highest BCUT2D eigenvalue weighted by Gasteiger charge is 2.06. The number of hydrogen-bond acceptors (Lipinski definition) is 3. The first-order valence-electron chi connectivity index (χ1n) is 6.16. The zero-order chi connectivity index (χ0) is 14.5. The van der Waals surface area contributed by atoms with Crippen LogP contribution in [0.2, 0.25) is 0 Å². The molecule has 1 aromatic heterocycles. The van der Waals surface area contributed by atoms with Gasteiger partial charge in [-0.3, -0.25) is 4.79 Å². The number of nitrogens with one attached hydrogen (secondary N) is 1. The number of aryl methyl sites for hydroxylation is 2. The lowest BCUT2D eigenvalue weighted by Gasteiger charge is -2.08. The lowest BCUT2D eigenvalue weighted by molar-refractivity contribution is -0.118. The topological polar surface area (TPSA) is 51.2 Å². The molecular weight excluding hydrogens is 320 g/mol. The molecule has 1 amide bonds. The van der Waals surface area contributed by atoms with Gasteiger partial charge in [-0.25, -0.2) is 4.98 Å². The van der Waals surface area contributed by atoms with Gasteiger partial charge in [0.2, 0.25) is 0 Å². The van der Waals surface area contributed by atoms with Crippen molar-refractivity contribution in [3.05, 3.63) is 52.1 Å². The third kappa shape index (κ3) is 4.06. The minimum absolute atomic E-state index is 0.0418. The molecule has 0 bridgehead atoms. The molecule has 0 radical (unpaired) electrons. The second-order valence-corrected chi connectivity index (χ2v) is 5.32. The Balaban J connectivity index is 1.89. The molecule has 0 aliphatic rings. The number of rotatable bonds is 4. The maximum Gasteiger partial charge on any atom is 0.263 e. The number of halogens is 1. The van der Waals surface area contributed by atoms with E-state index in [-0.39, 0.29) is 12.5 Å². The van der Waals surface area contributed by atoms with Gasteiger partial charge in [0, 0.05) is 10.7 Å². The molecule has 20 heavy (non-hydrogen) atoms. The fraction of sp³-hybridized carbons (Fsp3) is 0.200. The summed E-state index contributed by atoms with van der Waals surface area (Å²) in [5, 5.41) is 2.70. The molecule has 104 valence electrons. The fourth-order valence-electron chi connectivity index (χ4n) is 1.57. The van der Waals surface area contributed by atoms with E-state index in [1.54, 1.807) is 12.3 Å². The van der Waals surface area contributed by atoms with Gasteiger partial charge < -0.3 is 10.1 Å². The second-order valence-electron chi connectivity index (χ2n) is 4.47. The summed E-state index contributed by atoms with van der Waals surface area (Å²) in [5.41, 5.74) is 2.16. The molecule has 0 aliphatic carbocycles. The first-order valence-corrected chi connectivity index (χ1v) is 6.95. The summed E-state index contributed by atoms with van der Waals surface area (Å²) in [7, 11) is 0. The van der Waals surface area contributed by atoms with Gasteiger partial charge in [0.1, 0.15) is 11.6 Å². The van der Waals surface area contributed by atoms with Crippen molar-refractivity contribution in [1.29, 1.82) is 0 Å². The summed E-state index contributed by atoms with van der Waals surface area (Å²) in [6, 6.07) is 9.35. The Labute approximate surface area is 126 Å². The van der Waals surface area contributed by atoms with Crippen molar-refractivity contribution < 1.29 is 9.53 Å². The van der Waals surface area contributed by atoms with Gasteiger partial charge in [-0.2, -0.15) is 0 Å². The van der Waals surface area contributed by atoms with Crippen molar-refractivity contribution in [2.75, 3.05) is 11.9 Å². The summed E-state index contributed by atoms with van der Waals surface area (Å²) >= 11 is 3.36. The Hall–Kier alpha value is -1.88. The number of hydrogen-bond donors (Lipinski definition) is 1. The SMILES string of the molecule is Cc1ccc(OCC(=O)Nc2cc(C)c(Br)cn2)cc1. The first-order chi connectivity index (χ1) is 9.54. The van der Waals surface area contributed by atoms with Crippen LogP contribution < -0.4 is 10.1 Å². The van der Waals surface area contributed by atoms with Crippen molar-refractivity contribution in [2.24, 2.45) is 0 Å². The van der Waals surface area contributed by atoms with Crippen LogP contribution in [0.25, 0.3) is 0 Å². The molecular formula is C15H15BrN2O2. The van der Waals surface area contributed by atoms with Crippen molar-refractivity contribution in [2.45, 2.75) is 13.8 Å². The molecule has 2 aromatic rings. The number of pyridine rings is 1. The van der Waals surface area contributed by atoms with Crippen molar-refractivity contribution in [3.63, 3.8) is 0 Å². The molecule has 0 saturated carbocycles. The van der Waals surface area contributed by atoms with Crippen molar-refractivity contribution >= 4 is 27.7 Å². The molecule has 1 aromatic carbocycles. The molecule has 4 nitrogen and oxygen atoms in total. The Morgan fingerprint density at radius 2 is 2.00 bits per heavy atom. The van der Waals surface area contributed by atoms with Gasteiger partial charge in [0.25, 0.3) is 5.91 Å². The van der Waals surface area contributed by atoms with Gasteiger partial charge in [0.05, 0.1) is 0 Å². The molecule has 5 heteroatoms. The quantitative estimate of drug-likeness (QED) is 0.931. The van der Waals surface area contributed by atoms with E-state index in [0.717, 1.165) is 15.6 Å². The predicted octanol–water partition coefficient (Wildman–Crippen LogP) is 3.48. The maximum atomic E-state index is 11.8. The van der Waals surface area contributed by atoms with Crippen LogP contribution in [0.3, 0.4) is 0 Å². The van der Waals surface area contributed by atoms with Crippen LogP contribution in [0.5, 0.6) is 5.75 Å². The highest BCUT2D eigenvalue weighted by atomic mass is 79.9. The first kappa shape index (κ1) is 14.5. The van der Waals surface area contributed by atoms with Crippen LogP contribution >= 0.6 is 15.9 Å². The Morgan fingerprint density at radius 3 is 2.65 bits per heavy atom. The number of carbonyl (C=O) groups excluding carboxylic acids is 1. The van der Waals surface area contributed by atoms with Crippen LogP contribution in [0.15, 0.2) is 41.0 Å². The molecule has 1 N–H and O–H groups in total. The number of benzene rings is 1. The largest absolute Gasteiger partial charge is 0.484 e. The Morgan fingerprint density at radius 1 is 1.30 bits per heavy atom. The summed E-state index contributed by atoms with van der Waals surface area (Å²) < 4.78 is 6.31. The third-order valence-electron chi connectivity index (χ3n) is 2.71. The minimum Gasteiger partial charge on any atom is -0.484 e.